The van der Waals surface area contributed by atoms with E-state index in [0.29, 0.717) is 5.56 Å². The molecule has 125 heavy (non-hydrogen) atoms. The zero-order valence-electron chi connectivity index (χ0n) is 67.1. The molecule has 14 rings (SSSR count). The molecule has 43 heteroatoms. The highest BCUT2D eigenvalue weighted by Crippen LogP contribution is 2.50. The number of anilines is 1. The van der Waals surface area contributed by atoms with Crippen molar-refractivity contribution in [2.24, 2.45) is 11.7 Å². The highest BCUT2D eigenvalue weighted by molar-refractivity contribution is 6.32. The molecule has 7 aromatic rings. The molecular weight excluding hydrogens is 1710 g/mol. The number of nitrogens with zero attached hydrogens (tertiary/aromatic N) is 2. The van der Waals surface area contributed by atoms with Gasteiger partial charge < -0.3 is 128 Å². The zero-order valence-corrected chi connectivity index (χ0v) is 69.4. The van der Waals surface area contributed by atoms with Gasteiger partial charge in [0.15, 0.2) is 23.9 Å². The summed E-state index contributed by atoms with van der Waals surface area (Å²) in [5.74, 6) is -17.0. The number of phenols is 3. The van der Waals surface area contributed by atoms with E-state index in [1.54, 1.807) is 6.92 Å². The number of halogens is 4. The van der Waals surface area contributed by atoms with Crippen LogP contribution in [0.1, 0.15) is 111 Å². The molecule has 0 aliphatic carbocycles. The van der Waals surface area contributed by atoms with Crippen LogP contribution in [0.2, 0.25) is 15.1 Å². The molecule has 16 unspecified atom stereocenters. The Morgan fingerprint density at radius 1 is 0.736 bits per heavy atom. The molecule has 0 radical (unpaired) electrons. The molecule has 2 fully saturated rings. The molecule has 21 N–H and O–H groups in total. The average Bonchev–Trinajstić information content (AvgIpc) is 0.749. The molecule has 18 atom stereocenters. The predicted octanol–water partition coefficient (Wildman–Crippen LogP) is 2.03. The number of likely N-dealkylation sites (N-methyl/N-ethyl adjacent to an activating group) is 1. The van der Waals surface area contributed by atoms with Crippen molar-refractivity contribution in [3.05, 3.63) is 180 Å². The van der Waals surface area contributed by atoms with E-state index in [1.165, 1.54) is 61.1 Å². The van der Waals surface area contributed by atoms with E-state index in [-0.39, 0.29) is 65.1 Å². The number of hydroxylamine groups is 1. The van der Waals surface area contributed by atoms with Crippen molar-refractivity contribution in [1.82, 2.24) is 57.6 Å². The molecule has 7 aliphatic rings. The van der Waals surface area contributed by atoms with Crippen molar-refractivity contribution in [3.8, 4) is 57.1 Å². The number of hydrogen-bond acceptors (Lipinski definition) is 29. The fourth-order valence-corrected chi connectivity index (χ4v) is 15.5. The topological polar surface area (TPSA) is 582 Å². The number of carbonyl (C=O) groups excluding carboxylic acids is 9. The first-order valence-corrected chi connectivity index (χ1v) is 40.0. The van der Waals surface area contributed by atoms with Gasteiger partial charge in [-0.25, -0.2) is 14.7 Å². The molecule has 7 aliphatic heterocycles. The fraction of sp³-hybridized carbons (Fsp3) is 0.378. The van der Waals surface area contributed by atoms with Crippen molar-refractivity contribution in [2.75, 3.05) is 32.6 Å². The van der Waals surface area contributed by atoms with Crippen LogP contribution in [0.15, 0.2) is 120 Å². The van der Waals surface area contributed by atoms with E-state index in [4.69, 9.17) is 73.8 Å². The van der Waals surface area contributed by atoms with E-state index < -0.39 is 259 Å². The number of phenolic OH excluding ortho intramolecular Hbond substituents is 3. The Kier molecular flexibility index (Phi) is 29.0. The maximum Gasteiger partial charge on any atom is 0.349 e. The summed E-state index contributed by atoms with van der Waals surface area (Å²) >= 11 is 20.2. The Hall–Kier alpha value is -11.7. The van der Waals surface area contributed by atoms with Gasteiger partial charge >= 0.3 is 5.69 Å². The third-order valence-electron chi connectivity index (χ3n) is 21.3. The van der Waals surface area contributed by atoms with Crippen LogP contribution in [-0.2, 0) is 68.7 Å². The van der Waals surface area contributed by atoms with Crippen LogP contribution in [0.5, 0.6) is 46.0 Å². The van der Waals surface area contributed by atoms with Gasteiger partial charge in [0.2, 0.25) is 59.3 Å². The summed E-state index contributed by atoms with van der Waals surface area (Å²) in [6.07, 6.45) is -15.8. The van der Waals surface area contributed by atoms with E-state index in [2.05, 4.69) is 58.3 Å². The minimum Gasteiger partial charge on any atom is -0.508 e. The van der Waals surface area contributed by atoms with Crippen molar-refractivity contribution in [2.45, 2.75) is 163 Å². The molecule has 0 saturated carbocycles. The molecule has 11 bridgehead atoms. The standard InChI is InChI=1S/C82H89Cl3FN13O26/c1-33(2)21-47(88-5)73(111)96-64-66(106)37-10-14-51(44(84)24-37)121-53-26-39-27-54(70(53)125-80-71(69(109)68(108)55(32-100)123-80)124-59-31-82(4,72(110)34(3)120-59)89-18-20-99-19-17-57(92-81(99)118)91-58(105)16-8-35-7-12-46(86)43(83)22-35)122-52-15-11-38(25-45(52)85)67(107)65-78(116)95-63(79(117)98-119-6)42-28-40(101)29-50(103)60(42)41-23-36(9-13-49(41)102)61(75(113)97-65)94-76(114)62(39)93-74(112)48(30-56(87)104)90-77(64)115/h7-17,19,22-29,33-34,47-48,55,59,61-69,71-72,80,88-89,100-103,106-110H,18,20-21,30-32H2,1-6H3,(H2,87,104)(H,90,115)(H,93,112)(H,94,114)(H,95,116)(H,96,111)(H,97,113)(H,98,117)(H,91,92,105,118)/b16-8+/t34?,47?,48?,55?,59?,61?,62?,63-,64?,65?,66?,67?,68?,69?,71?,72?,80?,82-/m1/s1. The van der Waals surface area contributed by atoms with Gasteiger partial charge in [0.25, 0.3) is 5.91 Å². The Morgan fingerprint density at radius 2 is 1.39 bits per heavy atom. The number of primary amides is 1. The fourth-order valence-electron chi connectivity index (χ4n) is 14.9. The lowest BCUT2D eigenvalue weighted by Crippen LogP contribution is -2.65. The van der Waals surface area contributed by atoms with E-state index >= 15 is 24.0 Å². The number of amides is 9. The first kappa shape index (κ1) is 92.5. The molecule has 1 aromatic heterocycles. The number of aromatic hydroxyl groups is 3. The quantitative estimate of drug-likeness (QED) is 0.0361. The molecule has 8 heterocycles. The second-order valence-electron chi connectivity index (χ2n) is 30.7. The number of benzene rings is 6. The third-order valence-corrected chi connectivity index (χ3v) is 22.2. The maximum absolute atomic E-state index is 16.3. The number of carbonyl (C=O) groups is 9. The van der Waals surface area contributed by atoms with Crippen molar-refractivity contribution in [1.29, 1.82) is 0 Å². The number of hydrogen-bond donors (Lipinski definition) is 20. The lowest BCUT2D eigenvalue weighted by Gasteiger charge is -2.48. The highest BCUT2D eigenvalue weighted by atomic mass is 35.5. The van der Waals surface area contributed by atoms with E-state index in [1.807, 2.05) is 13.8 Å². The van der Waals surface area contributed by atoms with Crippen LogP contribution < -0.4 is 79.0 Å². The number of nitrogens with one attached hydrogen (secondary N) is 10. The number of aromatic nitrogens is 2. The molecule has 9 amide bonds. The predicted molar refractivity (Wildman–Crippen MR) is 438 cm³/mol. The van der Waals surface area contributed by atoms with Crippen LogP contribution in [0.4, 0.5) is 10.2 Å². The van der Waals surface area contributed by atoms with Crippen LogP contribution >= 0.6 is 34.8 Å². The van der Waals surface area contributed by atoms with E-state index in [0.717, 1.165) is 86.0 Å². The van der Waals surface area contributed by atoms with Gasteiger partial charge in [-0.2, -0.15) is 4.98 Å². The lowest BCUT2D eigenvalue weighted by molar-refractivity contribution is -0.334. The summed E-state index contributed by atoms with van der Waals surface area (Å²) < 4.78 is 54.3. The average molecular weight is 1800 g/mol. The van der Waals surface area contributed by atoms with Crippen molar-refractivity contribution >= 4 is 99.9 Å². The van der Waals surface area contributed by atoms with Gasteiger partial charge in [-0.1, -0.05) is 72.9 Å². The number of rotatable bonds is 21. The van der Waals surface area contributed by atoms with Crippen LogP contribution in [-0.4, -0.2) is 215 Å². The first-order chi connectivity index (χ1) is 59.3. The Bertz CT molecular complexity index is 5420. The van der Waals surface area contributed by atoms with Gasteiger partial charge in [-0.3, -0.25) is 52.6 Å². The maximum atomic E-state index is 16.3. The highest BCUT2D eigenvalue weighted by Gasteiger charge is 2.52. The number of nitrogens with two attached hydrogens (primary N) is 1. The Balaban J connectivity index is 0.992. The van der Waals surface area contributed by atoms with Gasteiger partial charge in [0.1, 0.15) is 107 Å². The molecule has 666 valence electrons. The van der Waals surface area contributed by atoms with Crippen LogP contribution in [0.3, 0.4) is 0 Å². The van der Waals surface area contributed by atoms with Crippen LogP contribution in [0, 0.1) is 11.7 Å². The minimum absolute atomic E-state index is 0.0618. The summed E-state index contributed by atoms with van der Waals surface area (Å²) in [6, 6.07) is 4.61. The molecule has 0 spiro atoms. The zero-order chi connectivity index (χ0) is 90.5. The van der Waals surface area contributed by atoms with Gasteiger partial charge in [-0.05, 0) is 145 Å². The van der Waals surface area contributed by atoms with Gasteiger partial charge in [0.05, 0.1) is 53.5 Å². The summed E-state index contributed by atoms with van der Waals surface area (Å²) in [5, 5.41) is 129. The largest absolute Gasteiger partial charge is 0.508 e. The monoisotopic (exact) mass is 1800 g/mol. The second-order valence-corrected chi connectivity index (χ2v) is 31.9. The summed E-state index contributed by atoms with van der Waals surface area (Å²) in [5.41, 5.74) is 3.33. The summed E-state index contributed by atoms with van der Waals surface area (Å²) in [6.45, 7) is 5.50. The number of aliphatic hydroxyl groups excluding tert-OH is 6. The Labute approximate surface area is 724 Å². The van der Waals surface area contributed by atoms with Gasteiger partial charge in [-0.15, -0.1) is 0 Å². The number of ether oxygens (including phenoxy) is 6. The third kappa shape index (κ3) is 21.0. The van der Waals surface area contributed by atoms with Crippen molar-refractivity contribution in [3.63, 3.8) is 0 Å². The molecule has 39 nitrogen and oxygen atoms in total. The minimum atomic E-state index is -2.40. The second kappa shape index (κ2) is 39.2. The smallest absolute Gasteiger partial charge is 0.349 e. The SMILES string of the molecule is CNC(CC(C)C)C(=O)NC1C(=O)NC(CC(N)=O)C(=O)NC2C(=O)NC3C(=O)NC(C(=O)N[C@@H](C(=O)NOC)c4cc(O)cc(O)c4-c4cc3ccc4O)C(O)c3ccc(c(Cl)c3)Oc3cc2cc(c3OC2OC(CO)C(O)C(O)C2OC2C[C@@](C)(NCCn3ccc(NC(=O)/C=C/c4ccc(F)c(Cl)c4)nc3=O)C(O)C(C)O2)Oc2ccc(cc2Cl)C1O. The molecule has 6 aromatic carbocycles. The summed E-state index contributed by atoms with van der Waals surface area (Å²) in [7, 11) is 2.49. The van der Waals surface area contributed by atoms with Gasteiger partial charge in [0, 0.05) is 54.5 Å². The molecular formula is C82H89Cl3FN13O26. The van der Waals surface area contributed by atoms with Crippen LogP contribution in [0.25, 0.3) is 17.2 Å². The van der Waals surface area contributed by atoms with Crippen molar-refractivity contribution < 1.29 is 127 Å². The van der Waals surface area contributed by atoms with E-state index in [9.17, 15) is 74.3 Å². The Morgan fingerprint density at radius 3 is 2.02 bits per heavy atom. The normalized spacial score (nSPS) is 26.0. The number of fused-ring (bicyclic) bond motifs is 15. The number of aliphatic hydroxyl groups is 6. The summed E-state index contributed by atoms with van der Waals surface area (Å²) in [4.78, 5) is 154. The lowest BCUT2D eigenvalue weighted by atomic mass is 9.85. The first-order valence-electron chi connectivity index (χ1n) is 38.9. The molecule has 2 saturated heterocycles.